The fraction of sp³-hybridized carbons (Fsp3) is 0.167. The normalized spacial score (nSPS) is 10.5. The second-order valence-corrected chi connectivity index (χ2v) is 5.26. The average molecular weight is 341 g/mol. The molecule has 0 atom stereocenters. The van der Waals surface area contributed by atoms with E-state index in [4.69, 9.17) is 9.15 Å². The lowest BCUT2D eigenvalue weighted by Gasteiger charge is -2.04. The van der Waals surface area contributed by atoms with Crippen molar-refractivity contribution in [3.63, 3.8) is 0 Å². The first-order chi connectivity index (χ1) is 12.2. The van der Waals surface area contributed by atoms with E-state index in [0.29, 0.717) is 17.5 Å². The van der Waals surface area contributed by atoms with Gasteiger partial charge in [-0.05, 0) is 30.3 Å². The summed E-state index contributed by atoms with van der Waals surface area (Å²) in [4.78, 5) is 11.9. The number of nitrogens with zero attached hydrogens (tertiary/aromatic N) is 2. The number of anilines is 1. The number of para-hydroxylation sites is 1. The summed E-state index contributed by atoms with van der Waals surface area (Å²) < 4.78 is 24.2. The maximum atomic E-state index is 13.5. The highest BCUT2D eigenvalue weighted by atomic mass is 19.1. The molecule has 3 aromatic rings. The number of halogens is 1. The Bertz CT molecular complexity index is 879. The van der Waals surface area contributed by atoms with Gasteiger partial charge in [-0.15, -0.1) is 10.2 Å². The zero-order valence-corrected chi connectivity index (χ0v) is 13.5. The number of methoxy groups -OCH3 is 1. The number of nitrogens with one attached hydrogen (secondary N) is 1. The average Bonchev–Trinajstić information content (AvgIpc) is 3.11. The number of rotatable bonds is 6. The van der Waals surface area contributed by atoms with E-state index in [2.05, 4.69) is 15.5 Å². The molecule has 3 rings (SSSR count). The molecular formula is C18H16FN3O3. The van der Waals surface area contributed by atoms with Crippen LogP contribution in [0.5, 0.6) is 5.75 Å². The first-order valence-electron chi connectivity index (χ1n) is 7.67. The first kappa shape index (κ1) is 16.6. The molecule has 0 aliphatic heterocycles. The molecule has 0 saturated heterocycles. The van der Waals surface area contributed by atoms with E-state index in [9.17, 15) is 9.18 Å². The molecule has 2 aromatic carbocycles. The Hall–Kier alpha value is -3.22. The van der Waals surface area contributed by atoms with Crippen LogP contribution >= 0.6 is 0 Å². The second kappa shape index (κ2) is 7.57. The van der Waals surface area contributed by atoms with E-state index >= 15 is 0 Å². The minimum atomic E-state index is -0.478. The van der Waals surface area contributed by atoms with Gasteiger partial charge in [0.15, 0.2) is 0 Å². The van der Waals surface area contributed by atoms with E-state index in [1.807, 2.05) is 18.2 Å². The van der Waals surface area contributed by atoms with Crippen molar-refractivity contribution in [1.82, 2.24) is 10.2 Å². The van der Waals surface area contributed by atoms with Crippen LogP contribution in [0.4, 0.5) is 10.1 Å². The number of amides is 1. The van der Waals surface area contributed by atoms with Crippen molar-refractivity contribution in [2.45, 2.75) is 12.8 Å². The van der Waals surface area contributed by atoms with Crippen LogP contribution in [-0.2, 0) is 11.2 Å². The van der Waals surface area contributed by atoms with Gasteiger partial charge in [0.2, 0.25) is 17.7 Å². The van der Waals surface area contributed by atoms with Crippen LogP contribution in [0.15, 0.2) is 52.9 Å². The summed E-state index contributed by atoms with van der Waals surface area (Å²) in [6.07, 6.45) is 0.366. The van der Waals surface area contributed by atoms with E-state index in [-0.39, 0.29) is 24.4 Å². The Kier molecular flexibility index (Phi) is 5.03. The number of aryl methyl sites for hydroxylation is 1. The Morgan fingerprint density at radius 1 is 1.20 bits per heavy atom. The molecule has 7 heteroatoms. The number of hydrogen-bond acceptors (Lipinski definition) is 5. The summed E-state index contributed by atoms with van der Waals surface area (Å²) in [5.74, 6) is 0.562. The Balaban J connectivity index is 1.60. The third-order valence-corrected chi connectivity index (χ3v) is 3.50. The molecule has 1 amide bonds. The van der Waals surface area contributed by atoms with Gasteiger partial charge in [-0.3, -0.25) is 4.79 Å². The van der Waals surface area contributed by atoms with Crippen LogP contribution in [0.1, 0.15) is 12.3 Å². The van der Waals surface area contributed by atoms with Crippen molar-refractivity contribution in [1.29, 1.82) is 0 Å². The molecule has 0 aliphatic carbocycles. The van der Waals surface area contributed by atoms with Crippen molar-refractivity contribution < 1.29 is 18.3 Å². The highest BCUT2D eigenvalue weighted by Gasteiger charge is 2.12. The van der Waals surface area contributed by atoms with Gasteiger partial charge in [0, 0.05) is 18.4 Å². The summed E-state index contributed by atoms with van der Waals surface area (Å²) in [5, 5.41) is 10.4. The van der Waals surface area contributed by atoms with Crippen molar-refractivity contribution >= 4 is 11.6 Å². The van der Waals surface area contributed by atoms with Crippen LogP contribution in [0.2, 0.25) is 0 Å². The number of hydrogen-bond donors (Lipinski definition) is 1. The van der Waals surface area contributed by atoms with Crippen LogP contribution in [0, 0.1) is 5.82 Å². The van der Waals surface area contributed by atoms with Gasteiger partial charge >= 0.3 is 0 Å². The molecule has 25 heavy (non-hydrogen) atoms. The molecule has 0 saturated carbocycles. The number of benzene rings is 2. The van der Waals surface area contributed by atoms with Gasteiger partial charge in [0.1, 0.15) is 11.6 Å². The van der Waals surface area contributed by atoms with Crippen molar-refractivity contribution in [2.75, 3.05) is 12.4 Å². The minimum absolute atomic E-state index is 0.105. The molecular weight excluding hydrogens is 325 g/mol. The van der Waals surface area contributed by atoms with Gasteiger partial charge in [-0.2, -0.15) is 0 Å². The summed E-state index contributed by atoms with van der Waals surface area (Å²) in [7, 11) is 1.58. The van der Waals surface area contributed by atoms with Crippen molar-refractivity contribution in [3.8, 4) is 17.2 Å². The summed E-state index contributed by atoms with van der Waals surface area (Å²) in [6.45, 7) is 0. The van der Waals surface area contributed by atoms with E-state index in [1.165, 1.54) is 12.1 Å². The lowest BCUT2D eigenvalue weighted by atomic mass is 10.2. The summed E-state index contributed by atoms with van der Waals surface area (Å²) >= 11 is 0. The molecule has 6 nitrogen and oxygen atoms in total. The molecule has 1 heterocycles. The fourth-order valence-electron chi connectivity index (χ4n) is 2.22. The molecule has 0 bridgehead atoms. The number of carbonyl (C=O) groups excluding carboxylic acids is 1. The largest absolute Gasteiger partial charge is 0.497 e. The quantitative estimate of drug-likeness (QED) is 0.743. The number of carbonyl (C=O) groups is 1. The molecule has 1 aromatic heterocycles. The van der Waals surface area contributed by atoms with Gasteiger partial charge in [0.25, 0.3) is 0 Å². The lowest BCUT2D eigenvalue weighted by Crippen LogP contribution is -2.13. The Morgan fingerprint density at radius 2 is 2.04 bits per heavy atom. The summed E-state index contributed by atoms with van der Waals surface area (Å²) in [6, 6.07) is 13.2. The molecule has 0 unspecified atom stereocenters. The third-order valence-electron chi connectivity index (χ3n) is 3.50. The number of aromatic nitrogens is 2. The molecule has 128 valence electrons. The van der Waals surface area contributed by atoms with Gasteiger partial charge in [-0.1, -0.05) is 18.2 Å². The van der Waals surface area contributed by atoms with Crippen molar-refractivity contribution in [3.05, 3.63) is 60.2 Å². The number of ether oxygens (including phenoxy) is 1. The molecule has 0 radical (unpaired) electrons. The second-order valence-electron chi connectivity index (χ2n) is 5.26. The van der Waals surface area contributed by atoms with Crippen LogP contribution in [0.3, 0.4) is 0 Å². The highest BCUT2D eigenvalue weighted by Crippen LogP contribution is 2.23. The SMILES string of the molecule is COc1cccc(-c2nnc(CCC(=O)Nc3ccccc3F)o2)c1. The topological polar surface area (TPSA) is 77.2 Å². The van der Waals surface area contributed by atoms with E-state index in [1.54, 1.807) is 25.3 Å². The van der Waals surface area contributed by atoms with E-state index in [0.717, 1.165) is 5.56 Å². The molecule has 0 spiro atoms. The molecule has 0 aliphatic rings. The molecule has 0 fully saturated rings. The van der Waals surface area contributed by atoms with Gasteiger partial charge < -0.3 is 14.5 Å². The predicted octanol–water partition coefficient (Wildman–Crippen LogP) is 3.46. The first-order valence-corrected chi connectivity index (χ1v) is 7.67. The van der Waals surface area contributed by atoms with E-state index < -0.39 is 5.82 Å². The van der Waals surface area contributed by atoms with Crippen LogP contribution in [-0.4, -0.2) is 23.2 Å². The molecule has 1 N–H and O–H groups in total. The maximum Gasteiger partial charge on any atom is 0.247 e. The van der Waals surface area contributed by atoms with Crippen LogP contribution < -0.4 is 10.1 Å². The zero-order valence-electron chi connectivity index (χ0n) is 13.5. The van der Waals surface area contributed by atoms with Crippen LogP contribution in [0.25, 0.3) is 11.5 Å². The van der Waals surface area contributed by atoms with Crippen molar-refractivity contribution in [2.24, 2.45) is 0 Å². The Morgan fingerprint density at radius 3 is 2.84 bits per heavy atom. The smallest absolute Gasteiger partial charge is 0.247 e. The van der Waals surface area contributed by atoms with Gasteiger partial charge in [0.05, 0.1) is 12.8 Å². The standard InChI is InChI=1S/C18H16FN3O3/c1-24-13-6-4-5-12(11-13)18-22-21-17(25-18)10-9-16(23)20-15-8-3-2-7-14(15)19/h2-8,11H,9-10H2,1H3,(H,20,23). The minimum Gasteiger partial charge on any atom is -0.497 e. The maximum absolute atomic E-state index is 13.5. The monoisotopic (exact) mass is 341 g/mol. The highest BCUT2D eigenvalue weighted by molar-refractivity contribution is 5.90. The van der Waals surface area contributed by atoms with Gasteiger partial charge in [-0.25, -0.2) is 4.39 Å². The summed E-state index contributed by atoms with van der Waals surface area (Å²) in [5.41, 5.74) is 0.879. The predicted molar refractivity (Wildman–Crippen MR) is 89.6 cm³/mol. The Labute approximate surface area is 143 Å². The fourth-order valence-corrected chi connectivity index (χ4v) is 2.22. The third kappa shape index (κ3) is 4.20. The zero-order chi connectivity index (χ0) is 17.6. The lowest BCUT2D eigenvalue weighted by molar-refractivity contribution is -0.116.